The van der Waals surface area contributed by atoms with E-state index in [4.69, 9.17) is 0 Å². The van der Waals surface area contributed by atoms with E-state index >= 15 is 0 Å². The van der Waals surface area contributed by atoms with Crippen LogP contribution in [0.15, 0.2) is 51.8 Å². The Hall–Kier alpha value is -2.00. The van der Waals surface area contributed by atoms with Crippen molar-refractivity contribution in [3.05, 3.63) is 58.1 Å². The van der Waals surface area contributed by atoms with Crippen molar-refractivity contribution in [3.8, 4) is 0 Å². The molecule has 27 heavy (non-hydrogen) atoms. The molecule has 2 aromatic rings. The Balaban J connectivity index is 1.97. The number of hydrogen-bond acceptors (Lipinski definition) is 3. The van der Waals surface area contributed by atoms with Crippen LogP contribution in [0.25, 0.3) is 0 Å². The first-order chi connectivity index (χ1) is 12.5. The van der Waals surface area contributed by atoms with Crippen molar-refractivity contribution in [2.75, 3.05) is 18.9 Å². The Bertz CT molecular complexity index is 841. The summed E-state index contributed by atoms with van der Waals surface area (Å²) >= 11 is 3.09. The largest absolute Gasteiger partial charge is 0.446 e. The first-order valence-corrected chi connectivity index (χ1v) is 9.33. The second-order valence-corrected chi connectivity index (χ2v) is 7.79. The number of carbonyl (C=O) groups is 2. The molecule has 0 radical (unpaired) electrons. The number of nitrogens with one attached hydrogen (secondary N) is 1. The van der Waals surface area contributed by atoms with E-state index in [0.717, 1.165) is 10.0 Å². The van der Waals surface area contributed by atoms with Gasteiger partial charge in [-0.05, 0) is 66.7 Å². The molecular formula is C18H16BrF3N2O2S. The smallest absolute Gasteiger partial charge is 0.332 e. The minimum absolute atomic E-state index is 0.00911. The van der Waals surface area contributed by atoms with Crippen LogP contribution in [0.2, 0.25) is 0 Å². The topological polar surface area (TPSA) is 49.4 Å². The zero-order valence-electron chi connectivity index (χ0n) is 14.4. The van der Waals surface area contributed by atoms with E-state index in [1.54, 1.807) is 12.1 Å². The number of amides is 2. The standard InChI is InChI=1S/C18H16BrF3N2O2S/c1-11-9-13(19)5-8-15(11)23-16(25)10-24(2)17(26)12-3-6-14(7-4-12)27-18(20,21)22/h3-9H,10H2,1-2H3,(H,23,25). The van der Waals surface area contributed by atoms with Crippen LogP contribution < -0.4 is 5.32 Å². The number of alkyl halides is 3. The van der Waals surface area contributed by atoms with Crippen molar-refractivity contribution < 1.29 is 22.8 Å². The van der Waals surface area contributed by atoms with Gasteiger partial charge in [0, 0.05) is 27.7 Å². The van der Waals surface area contributed by atoms with Gasteiger partial charge in [-0.1, -0.05) is 15.9 Å². The van der Waals surface area contributed by atoms with Crippen molar-refractivity contribution in [3.63, 3.8) is 0 Å². The van der Waals surface area contributed by atoms with Gasteiger partial charge in [0.2, 0.25) is 5.91 Å². The second kappa shape index (κ2) is 8.79. The van der Waals surface area contributed by atoms with E-state index in [1.807, 2.05) is 13.0 Å². The lowest BCUT2D eigenvalue weighted by Gasteiger charge is -2.18. The number of nitrogens with zero attached hydrogens (tertiary/aromatic N) is 1. The molecule has 0 aliphatic rings. The fraction of sp³-hybridized carbons (Fsp3) is 0.222. The third-order valence-corrected chi connectivity index (χ3v) is 4.76. The molecule has 0 unspecified atom stereocenters. The highest BCUT2D eigenvalue weighted by Crippen LogP contribution is 2.36. The number of thioether (sulfide) groups is 1. The van der Waals surface area contributed by atoms with Gasteiger partial charge in [0.25, 0.3) is 5.91 Å². The first-order valence-electron chi connectivity index (χ1n) is 7.72. The molecule has 0 aromatic heterocycles. The summed E-state index contributed by atoms with van der Waals surface area (Å²) in [6, 6.07) is 10.5. The molecule has 0 saturated heterocycles. The molecule has 1 N–H and O–H groups in total. The Kier molecular flexibility index (Phi) is 6.94. The summed E-state index contributed by atoms with van der Waals surface area (Å²) in [7, 11) is 1.45. The zero-order valence-corrected chi connectivity index (χ0v) is 16.8. The van der Waals surface area contributed by atoms with Crippen LogP contribution in [-0.4, -0.2) is 35.8 Å². The third-order valence-electron chi connectivity index (χ3n) is 3.52. The van der Waals surface area contributed by atoms with E-state index in [0.29, 0.717) is 5.69 Å². The summed E-state index contributed by atoms with van der Waals surface area (Å²) < 4.78 is 37.9. The zero-order chi connectivity index (χ0) is 20.2. The molecular weight excluding hydrogens is 445 g/mol. The predicted molar refractivity (Wildman–Crippen MR) is 103 cm³/mol. The van der Waals surface area contributed by atoms with Crippen molar-refractivity contribution in [2.24, 2.45) is 0 Å². The van der Waals surface area contributed by atoms with E-state index in [1.165, 1.54) is 36.2 Å². The predicted octanol–water partition coefficient (Wildman–Crippen LogP) is 5.08. The van der Waals surface area contributed by atoms with Crippen LogP contribution in [0.3, 0.4) is 0 Å². The van der Waals surface area contributed by atoms with Gasteiger partial charge in [0.05, 0.1) is 6.54 Å². The molecule has 4 nitrogen and oxygen atoms in total. The number of carbonyl (C=O) groups excluding carboxylic acids is 2. The van der Waals surface area contributed by atoms with Gasteiger partial charge < -0.3 is 10.2 Å². The monoisotopic (exact) mass is 460 g/mol. The van der Waals surface area contributed by atoms with E-state index in [2.05, 4.69) is 21.2 Å². The molecule has 9 heteroatoms. The van der Waals surface area contributed by atoms with Gasteiger partial charge in [0.1, 0.15) is 0 Å². The number of benzene rings is 2. The SMILES string of the molecule is Cc1cc(Br)ccc1NC(=O)CN(C)C(=O)c1ccc(SC(F)(F)F)cc1. The maximum Gasteiger partial charge on any atom is 0.446 e. The van der Waals surface area contributed by atoms with Gasteiger partial charge in [-0.15, -0.1) is 0 Å². The van der Waals surface area contributed by atoms with Gasteiger partial charge >= 0.3 is 5.51 Å². The molecule has 2 aromatic carbocycles. The van der Waals surface area contributed by atoms with E-state index < -0.39 is 11.4 Å². The summed E-state index contributed by atoms with van der Waals surface area (Å²) in [6.45, 7) is 1.66. The number of aryl methyl sites for hydroxylation is 1. The van der Waals surface area contributed by atoms with Crippen molar-refractivity contribution in [1.29, 1.82) is 0 Å². The average molecular weight is 461 g/mol. The van der Waals surface area contributed by atoms with Gasteiger partial charge in [-0.25, -0.2) is 0 Å². The lowest BCUT2D eigenvalue weighted by atomic mass is 10.2. The van der Waals surface area contributed by atoms with E-state index in [9.17, 15) is 22.8 Å². The minimum atomic E-state index is -4.38. The summed E-state index contributed by atoms with van der Waals surface area (Å²) in [5, 5.41) is 2.73. The summed E-state index contributed by atoms with van der Waals surface area (Å²) in [5.41, 5.74) is -2.68. The quantitative estimate of drug-likeness (QED) is 0.632. The van der Waals surface area contributed by atoms with Crippen molar-refractivity contribution in [1.82, 2.24) is 4.90 Å². The second-order valence-electron chi connectivity index (χ2n) is 5.74. The normalized spacial score (nSPS) is 11.2. The maximum absolute atomic E-state index is 12.4. The number of hydrogen-bond donors (Lipinski definition) is 1. The number of rotatable bonds is 5. The van der Waals surface area contributed by atoms with Crippen LogP contribution in [-0.2, 0) is 4.79 Å². The fourth-order valence-electron chi connectivity index (χ4n) is 2.26. The number of anilines is 1. The molecule has 0 bridgehead atoms. The molecule has 0 spiro atoms. The minimum Gasteiger partial charge on any atom is -0.332 e. The third kappa shape index (κ3) is 6.59. The Labute approximate surface area is 167 Å². The summed E-state index contributed by atoms with van der Waals surface area (Å²) in [4.78, 5) is 25.7. The van der Waals surface area contributed by atoms with Crippen LogP contribution >= 0.6 is 27.7 Å². The fourth-order valence-corrected chi connectivity index (χ4v) is 3.28. The lowest BCUT2D eigenvalue weighted by molar-refractivity contribution is -0.116. The number of likely N-dealkylation sites (N-methyl/N-ethyl adjacent to an activating group) is 1. The summed E-state index contributed by atoms with van der Waals surface area (Å²) in [5.74, 6) is -0.832. The van der Waals surface area contributed by atoms with Crippen molar-refractivity contribution in [2.45, 2.75) is 17.3 Å². The number of halogens is 4. The molecule has 144 valence electrons. The molecule has 0 aliphatic carbocycles. The molecule has 0 fully saturated rings. The molecule has 2 rings (SSSR count). The Morgan fingerprint density at radius 1 is 1.15 bits per heavy atom. The first kappa shape index (κ1) is 21.3. The molecule has 2 amide bonds. The maximum atomic E-state index is 12.4. The molecule has 0 atom stereocenters. The molecule has 0 saturated carbocycles. The summed E-state index contributed by atoms with van der Waals surface area (Å²) in [6.07, 6.45) is 0. The Morgan fingerprint density at radius 2 is 1.78 bits per heavy atom. The van der Waals surface area contributed by atoms with Gasteiger partial charge in [0.15, 0.2) is 0 Å². The highest BCUT2D eigenvalue weighted by Gasteiger charge is 2.29. The van der Waals surface area contributed by atoms with Crippen LogP contribution in [0.1, 0.15) is 15.9 Å². The lowest BCUT2D eigenvalue weighted by Crippen LogP contribution is -2.35. The van der Waals surface area contributed by atoms with Gasteiger partial charge in [-0.3, -0.25) is 9.59 Å². The van der Waals surface area contributed by atoms with Crippen LogP contribution in [0, 0.1) is 6.92 Å². The van der Waals surface area contributed by atoms with Gasteiger partial charge in [-0.2, -0.15) is 13.2 Å². The van der Waals surface area contributed by atoms with Crippen molar-refractivity contribution >= 4 is 45.2 Å². The average Bonchev–Trinajstić information content (AvgIpc) is 2.56. The molecule has 0 heterocycles. The molecule has 0 aliphatic heterocycles. The highest BCUT2D eigenvalue weighted by atomic mass is 79.9. The van der Waals surface area contributed by atoms with Crippen LogP contribution in [0.4, 0.5) is 18.9 Å². The highest BCUT2D eigenvalue weighted by molar-refractivity contribution is 9.10. The Morgan fingerprint density at radius 3 is 2.33 bits per heavy atom. The van der Waals surface area contributed by atoms with E-state index in [-0.39, 0.29) is 34.7 Å². The van der Waals surface area contributed by atoms with Crippen LogP contribution in [0.5, 0.6) is 0 Å².